The number of rotatable bonds is 5. The Morgan fingerprint density at radius 3 is 2.62 bits per heavy atom. The topological polar surface area (TPSA) is 55.1 Å². The van der Waals surface area contributed by atoms with E-state index in [9.17, 15) is 4.79 Å². The molecule has 3 heteroatoms. The summed E-state index contributed by atoms with van der Waals surface area (Å²) in [6.45, 7) is 6.51. The van der Waals surface area contributed by atoms with Crippen molar-refractivity contribution in [3.63, 3.8) is 0 Å². The van der Waals surface area contributed by atoms with Crippen LogP contribution in [0.15, 0.2) is 12.2 Å². The van der Waals surface area contributed by atoms with Crippen LogP contribution in [0.1, 0.15) is 27.2 Å². The number of nitrogens with two attached hydrogens (primary N) is 1. The predicted octanol–water partition coefficient (Wildman–Crippen LogP) is 1.05. The molecule has 0 rings (SSSR count). The summed E-state index contributed by atoms with van der Waals surface area (Å²) in [6, 6.07) is -0.384. The molecule has 0 aliphatic rings. The van der Waals surface area contributed by atoms with Gasteiger partial charge >= 0.3 is 0 Å². The molecule has 0 aromatic heterocycles. The molecule has 0 radical (unpaired) electrons. The molecule has 1 atom stereocenters. The summed E-state index contributed by atoms with van der Waals surface area (Å²) in [7, 11) is 0. The van der Waals surface area contributed by atoms with Crippen LogP contribution in [0.25, 0.3) is 0 Å². The second-order valence-electron chi connectivity index (χ2n) is 3.42. The highest BCUT2D eigenvalue weighted by atomic mass is 16.2. The maximum absolute atomic E-state index is 11.3. The SMILES string of the molecule is C/C=C/CCNC(=O)[C@@H](N)C(C)C. The first-order valence-corrected chi connectivity index (χ1v) is 4.74. The maximum Gasteiger partial charge on any atom is 0.237 e. The van der Waals surface area contributed by atoms with Crippen molar-refractivity contribution < 1.29 is 4.79 Å². The van der Waals surface area contributed by atoms with Crippen LogP contribution in [0.2, 0.25) is 0 Å². The molecule has 0 fully saturated rings. The first-order valence-electron chi connectivity index (χ1n) is 4.74. The largest absolute Gasteiger partial charge is 0.354 e. The zero-order valence-electron chi connectivity index (χ0n) is 8.71. The Labute approximate surface area is 80.4 Å². The van der Waals surface area contributed by atoms with Gasteiger partial charge in [0.15, 0.2) is 0 Å². The van der Waals surface area contributed by atoms with E-state index in [4.69, 9.17) is 5.73 Å². The van der Waals surface area contributed by atoms with Gasteiger partial charge in [-0.2, -0.15) is 0 Å². The highest BCUT2D eigenvalue weighted by molar-refractivity contribution is 5.81. The Morgan fingerprint density at radius 1 is 1.54 bits per heavy atom. The second-order valence-corrected chi connectivity index (χ2v) is 3.42. The van der Waals surface area contributed by atoms with Gasteiger partial charge in [-0.1, -0.05) is 26.0 Å². The summed E-state index contributed by atoms with van der Waals surface area (Å²) in [6.07, 6.45) is 4.85. The third-order valence-corrected chi connectivity index (χ3v) is 1.87. The van der Waals surface area contributed by atoms with E-state index in [2.05, 4.69) is 5.32 Å². The number of hydrogen-bond donors (Lipinski definition) is 2. The number of amides is 1. The van der Waals surface area contributed by atoms with Crippen molar-refractivity contribution in [3.8, 4) is 0 Å². The van der Waals surface area contributed by atoms with E-state index in [-0.39, 0.29) is 17.9 Å². The van der Waals surface area contributed by atoms with Gasteiger partial charge < -0.3 is 11.1 Å². The van der Waals surface area contributed by atoms with Crippen molar-refractivity contribution >= 4 is 5.91 Å². The standard InChI is InChI=1S/C10H20N2O/c1-4-5-6-7-12-10(13)9(11)8(2)3/h4-5,8-9H,6-7,11H2,1-3H3,(H,12,13)/b5-4+/t9-/m0/s1. The van der Waals surface area contributed by atoms with Crippen molar-refractivity contribution in [3.05, 3.63) is 12.2 Å². The van der Waals surface area contributed by atoms with E-state index in [1.807, 2.05) is 32.9 Å². The van der Waals surface area contributed by atoms with Crippen LogP contribution in [0.5, 0.6) is 0 Å². The minimum atomic E-state index is -0.384. The summed E-state index contributed by atoms with van der Waals surface area (Å²) in [5, 5.41) is 2.78. The lowest BCUT2D eigenvalue weighted by molar-refractivity contribution is -0.123. The van der Waals surface area contributed by atoms with Gasteiger partial charge in [0.1, 0.15) is 0 Å². The molecular formula is C10H20N2O. The average molecular weight is 184 g/mol. The molecule has 0 unspecified atom stereocenters. The zero-order chi connectivity index (χ0) is 10.3. The van der Waals surface area contributed by atoms with Crippen LogP contribution in [-0.4, -0.2) is 18.5 Å². The van der Waals surface area contributed by atoms with Gasteiger partial charge in [0.05, 0.1) is 6.04 Å². The molecule has 0 aromatic rings. The quantitative estimate of drug-likeness (QED) is 0.495. The van der Waals surface area contributed by atoms with Crippen molar-refractivity contribution in [2.45, 2.75) is 33.2 Å². The molecule has 76 valence electrons. The van der Waals surface area contributed by atoms with E-state index in [1.165, 1.54) is 0 Å². The normalized spacial score (nSPS) is 13.6. The van der Waals surface area contributed by atoms with E-state index < -0.39 is 0 Å². The molecule has 0 aliphatic carbocycles. The summed E-state index contributed by atoms with van der Waals surface area (Å²) in [5.41, 5.74) is 5.64. The van der Waals surface area contributed by atoms with Crippen LogP contribution in [0, 0.1) is 5.92 Å². The van der Waals surface area contributed by atoms with Gasteiger partial charge in [-0.15, -0.1) is 0 Å². The van der Waals surface area contributed by atoms with Crippen LogP contribution >= 0.6 is 0 Å². The average Bonchev–Trinajstić information content (AvgIpc) is 2.10. The van der Waals surface area contributed by atoms with E-state index >= 15 is 0 Å². The summed E-state index contributed by atoms with van der Waals surface area (Å²) in [5.74, 6) is 0.140. The molecular weight excluding hydrogens is 164 g/mol. The number of hydrogen-bond acceptors (Lipinski definition) is 2. The van der Waals surface area contributed by atoms with Crippen LogP contribution in [-0.2, 0) is 4.79 Å². The first kappa shape index (κ1) is 12.2. The van der Waals surface area contributed by atoms with Crippen molar-refractivity contribution in [2.24, 2.45) is 11.7 Å². The molecule has 0 bridgehead atoms. The third kappa shape index (κ3) is 5.42. The fourth-order valence-electron chi connectivity index (χ4n) is 0.866. The molecule has 0 aromatic carbocycles. The number of carbonyl (C=O) groups excluding carboxylic acids is 1. The molecule has 0 saturated carbocycles. The van der Waals surface area contributed by atoms with Gasteiger partial charge in [-0.3, -0.25) is 4.79 Å². The summed E-state index contributed by atoms with van der Waals surface area (Å²) >= 11 is 0. The van der Waals surface area contributed by atoms with Crippen LogP contribution in [0.4, 0.5) is 0 Å². The van der Waals surface area contributed by atoms with Gasteiger partial charge in [-0.05, 0) is 19.3 Å². The van der Waals surface area contributed by atoms with E-state index in [0.717, 1.165) is 6.42 Å². The Hall–Kier alpha value is -0.830. The Morgan fingerprint density at radius 2 is 2.15 bits per heavy atom. The lowest BCUT2D eigenvalue weighted by Gasteiger charge is -2.14. The number of allylic oxidation sites excluding steroid dienone is 1. The van der Waals surface area contributed by atoms with E-state index in [1.54, 1.807) is 0 Å². The van der Waals surface area contributed by atoms with Crippen molar-refractivity contribution in [2.75, 3.05) is 6.54 Å². The van der Waals surface area contributed by atoms with Crippen LogP contribution in [0.3, 0.4) is 0 Å². The highest BCUT2D eigenvalue weighted by Gasteiger charge is 2.15. The molecule has 0 spiro atoms. The Kier molecular flexibility index (Phi) is 6.24. The zero-order valence-corrected chi connectivity index (χ0v) is 8.71. The van der Waals surface area contributed by atoms with Gasteiger partial charge in [0.2, 0.25) is 5.91 Å². The fourth-order valence-corrected chi connectivity index (χ4v) is 0.866. The molecule has 0 heterocycles. The Bertz CT molecular complexity index is 176. The summed E-state index contributed by atoms with van der Waals surface area (Å²) in [4.78, 5) is 11.3. The smallest absolute Gasteiger partial charge is 0.237 e. The Balaban J connectivity index is 3.62. The summed E-state index contributed by atoms with van der Waals surface area (Å²) < 4.78 is 0. The molecule has 0 saturated heterocycles. The third-order valence-electron chi connectivity index (χ3n) is 1.87. The predicted molar refractivity (Wildman–Crippen MR) is 55.3 cm³/mol. The highest BCUT2D eigenvalue weighted by Crippen LogP contribution is 1.97. The van der Waals surface area contributed by atoms with Gasteiger partial charge in [0, 0.05) is 6.54 Å². The second kappa shape index (κ2) is 6.66. The molecule has 3 N–H and O–H groups in total. The van der Waals surface area contributed by atoms with Gasteiger partial charge in [0.25, 0.3) is 0 Å². The van der Waals surface area contributed by atoms with E-state index in [0.29, 0.717) is 6.54 Å². The first-order chi connectivity index (χ1) is 6.09. The lowest BCUT2D eigenvalue weighted by atomic mass is 10.1. The molecule has 1 amide bonds. The van der Waals surface area contributed by atoms with Crippen LogP contribution < -0.4 is 11.1 Å². The monoisotopic (exact) mass is 184 g/mol. The molecule has 0 aliphatic heterocycles. The van der Waals surface area contributed by atoms with Crippen molar-refractivity contribution in [1.82, 2.24) is 5.32 Å². The van der Waals surface area contributed by atoms with Gasteiger partial charge in [-0.25, -0.2) is 0 Å². The molecule has 3 nitrogen and oxygen atoms in total. The maximum atomic E-state index is 11.3. The minimum Gasteiger partial charge on any atom is -0.354 e. The number of nitrogens with one attached hydrogen (secondary N) is 1. The minimum absolute atomic E-state index is 0.0560. The number of carbonyl (C=O) groups is 1. The fraction of sp³-hybridized carbons (Fsp3) is 0.700. The van der Waals surface area contributed by atoms with Crippen molar-refractivity contribution in [1.29, 1.82) is 0 Å². The molecule has 13 heavy (non-hydrogen) atoms. The lowest BCUT2D eigenvalue weighted by Crippen LogP contribution is -2.44.